The lowest BCUT2D eigenvalue weighted by Gasteiger charge is -2.07. The molecule has 138 valence electrons. The van der Waals surface area contributed by atoms with E-state index in [1.165, 1.54) is 0 Å². The van der Waals surface area contributed by atoms with Crippen molar-refractivity contribution in [1.29, 1.82) is 0 Å². The second-order valence-electron chi connectivity index (χ2n) is 5.91. The predicted molar refractivity (Wildman–Crippen MR) is 104 cm³/mol. The van der Waals surface area contributed by atoms with Crippen LogP contribution >= 0.6 is 11.6 Å². The minimum Gasteiger partial charge on any atom is -0.350 e. The zero-order chi connectivity index (χ0) is 19.2. The molecule has 0 radical (unpaired) electrons. The highest BCUT2D eigenvalue weighted by Crippen LogP contribution is 2.14. The first-order valence-corrected chi connectivity index (χ1v) is 8.87. The van der Waals surface area contributed by atoms with E-state index in [2.05, 4.69) is 15.7 Å². The van der Waals surface area contributed by atoms with Crippen molar-refractivity contribution in [3.8, 4) is 5.69 Å². The quantitative estimate of drug-likeness (QED) is 0.643. The second-order valence-corrected chi connectivity index (χ2v) is 6.32. The fraction of sp³-hybridized carbons (Fsp3) is 0.150. The Kier molecular flexibility index (Phi) is 5.88. The highest BCUT2D eigenvalue weighted by atomic mass is 35.5. The monoisotopic (exact) mass is 382 g/mol. The van der Waals surface area contributed by atoms with E-state index in [4.69, 9.17) is 11.6 Å². The van der Waals surface area contributed by atoms with Crippen molar-refractivity contribution in [2.45, 2.75) is 6.92 Å². The molecule has 3 aromatic rings. The van der Waals surface area contributed by atoms with Gasteiger partial charge in [-0.1, -0.05) is 41.9 Å². The number of aryl methyl sites for hydroxylation is 1. The zero-order valence-electron chi connectivity index (χ0n) is 14.8. The fourth-order valence-corrected chi connectivity index (χ4v) is 2.82. The highest BCUT2D eigenvalue weighted by molar-refractivity contribution is 6.33. The summed E-state index contributed by atoms with van der Waals surface area (Å²) in [6, 6.07) is 18.1. The van der Waals surface area contributed by atoms with E-state index in [-0.39, 0.29) is 24.9 Å². The van der Waals surface area contributed by atoms with Gasteiger partial charge in [0.25, 0.3) is 11.8 Å². The van der Waals surface area contributed by atoms with Crippen LogP contribution in [0.5, 0.6) is 0 Å². The maximum Gasteiger partial charge on any atom is 0.271 e. The first kappa shape index (κ1) is 18.7. The summed E-state index contributed by atoms with van der Waals surface area (Å²) in [6.07, 6.45) is 0. The van der Waals surface area contributed by atoms with Crippen LogP contribution in [0.4, 0.5) is 0 Å². The third-order valence-corrected chi connectivity index (χ3v) is 4.27. The highest BCUT2D eigenvalue weighted by Gasteiger charge is 2.13. The third-order valence-electron chi connectivity index (χ3n) is 3.94. The molecule has 0 atom stereocenters. The van der Waals surface area contributed by atoms with Gasteiger partial charge < -0.3 is 10.6 Å². The van der Waals surface area contributed by atoms with Gasteiger partial charge in [0.1, 0.15) is 0 Å². The number of hydrogen-bond acceptors (Lipinski definition) is 3. The van der Waals surface area contributed by atoms with Crippen LogP contribution in [0, 0.1) is 6.92 Å². The van der Waals surface area contributed by atoms with Crippen molar-refractivity contribution in [1.82, 2.24) is 20.4 Å². The van der Waals surface area contributed by atoms with Crippen molar-refractivity contribution in [2.24, 2.45) is 0 Å². The Hall–Kier alpha value is -3.12. The Morgan fingerprint density at radius 1 is 0.963 bits per heavy atom. The van der Waals surface area contributed by atoms with Crippen LogP contribution in [0.3, 0.4) is 0 Å². The molecular formula is C20H19ClN4O2. The number of hydrogen-bond donors (Lipinski definition) is 2. The summed E-state index contributed by atoms with van der Waals surface area (Å²) in [5.41, 5.74) is 2.48. The number of carbonyl (C=O) groups is 2. The number of halogens is 1. The van der Waals surface area contributed by atoms with Gasteiger partial charge in [-0.3, -0.25) is 9.59 Å². The van der Waals surface area contributed by atoms with Gasteiger partial charge in [-0.05, 0) is 37.3 Å². The molecule has 0 aliphatic heterocycles. The van der Waals surface area contributed by atoms with Crippen molar-refractivity contribution in [3.05, 3.63) is 82.6 Å². The summed E-state index contributed by atoms with van der Waals surface area (Å²) in [5.74, 6) is -0.571. The first-order valence-electron chi connectivity index (χ1n) is 8.49. The van der Waals surface area contributed by atoms with Crippen LogP contribution in [-0.4, -0.2) is 34.7 Å². The van der Waals surface area contributed by atoms with E-state index in [9.17, 15) is 9.59 Å². The largest absolute Gasteiger partial charge is 0.350 e. The van der Waals surface area contributed by atoms with Gasteiger partial charge in [-0.15, -0.1) is 0 Å². The summed E-state index contributed by atoms with van der Waals surface area (Å²) in [6.45, 7) is 2.46. The van der Waals surface area contributed by atoms with Gasteiger partial charge in [-0.25, -0.2) is 4.68 Å². The average molecular weight is 383 g/mol. The molecule has 1 heterocycles. The van der Waals surface area contributed by atoms with E-state index < -0.39 is 0 Å². The molecule has 6 nitrogen and oxygen atoms in total. The van der Waals surface area contributed by atoms with Gasteiger partial charge in [0.05, 0.1) is 16.3 Å². The molecule has 0 spiro atoms. The van der Waals surface area contributed by atoms with Gasteiger partial charge in [0, 0.05) is 18.8 Å². The standard InChI is InChI=1S/C20H19ClN4O2/c1-14-13-18(24-25(14)15-7-3-2-4-8-15)20(27)23-12-11-22-19(26)16-9-5-6-10-17(16)21/h2-10,13H,11-12H2,1H3,(H,22,26)(H,23,27). The molecular weight excluding hydrogens is 364 g/mol. The molecule has 0 saturated heterocycles. The summed E-state index contributed by atoms with van der Waals surface area (Å²) in [5, 5.41) is 10.2. The maximum absolute atomic E-state index is 12.3. The van der Waals surface area contributed by atoms with Gasteiger partial charge in [-0.2, -0.15) is 5.10 Å². The molecule has 0 saturated carbocycles. The zero-order valence-corrected chi connectivity index (χ0v) is 15.5. The number of para-hydroxylation sites is 1. The number of rotatable bonds is 6. The van der Waals surface area contributed by atoms with Gasteiger partial charge >= 0.3 is 0 Å². The molecule has 2 aromatic carbocycles. The molecule has 0 bridgehead atoms. The molecule has 27 heavy (non-hydrogen) atoms. The average Bonchev–Trinajstić information content (AvgIpc) is 3.08. The van der Waals surface area contributed by atoms with Crippen molar-refractivity contribution >= 4 is 23.4 Å². The number of carbonyl (C=O) groups excluding carboxylic acids is 2. The Morgan fingerprint density at radius 2 is 1.59 bits per heavy atom. The minimum atomic E-state index is -0.292. The minimum absolute atomic E-state index is 0.279. The number of amides is 2. The number of nitrogens with one attached hydrogen (secondary N) is 2. The van der Waals surface area contributed by atoms with Crippen LogP contribution in [0.25, 0.3) is 5.69 Å². The van der Waals surface area contributed by atoms with Crippen LogP contribution < -0.4 is 10.6 Å². The molecule has 7 heteroatoms. The van der Waals surface area contributed by atoms with Crippen LogP contribution in [-0.2, 0) is 0 Å². The molecule has 3 rings (SSSR count). The lowest BCUT2D eigenvalue weighted by molar-refractivity contribution is 0.0925. The molecule has 0 aliphatic carbocycles. The molecule has 2 N–H and O–H groups in total. The topological polar surface area (TPSA) is 76.0 Å². The van der Waals surface area contributed by atoms with Crippen LogP contribution in [0.1, 0.15) is 26.5 Å². The molecule has 0 unspecified atom stereocenters. The Bertz CT molecular complexity index is 954. The summed E-state index contributed by atoms with van der Waals surface area (Å²) in [4.78, 5) is 24.4. The van der Waals surface area contributed by atoms with Crippen molar-refractivity contribution in [3.63, 3.8) is 0 Å². The van der Waals surface area contributed by atoms with Gasteiger partial charge in [0.15, 0.2) is 5.69 Å². The Morgan fingerprint density at radius 3 is 2.30 bits per heavy atom. The normalized spacial score (nSPS) is 10.4. The maximum atomic E-state index is 12.3. The SMILES string of the molecule is Cc1cc(C(=O)NCCNC(=O)c2ccccc2Cl)nn1-c1ccccc1. The Labute approximate surface area is 162 Å². The summed E-state index contributed by atoms with van der Waals surface area (Å²) < 4.78 is 1.72. The summed E-state index contributed by atoms with van der Waals surface area (Å²) in [7, 11) is 0. The molecule has 2 amide bonds. The predicted octanol–water partition coefficient (Wildman–Crippen LogP) is 2.99. The molecule has 0 fully saturated rings. The lowest BCUT2D eigenvalue weighted by Crippen LogP contribution is -2.35. The van der Waals surface area contributed by atoms with Gasteiger partial charge in [0.2, 0.25) is 0 Å². The Balaban J connectivity index is 1.53. The van der Waals surface area contributed by atoms with E-state index in [0.717, 1.165) is 11.4 Å². The number of benzene rings is 2. The summed E-state index contributed by atoms with van der Waals surface area (Å²) >= 11 is 5.99. The van der Waals surface area contributed by atoms with E-state index in [1.54, 1.807) is 35.0 Å². The van der Waals surface area contributed by atoms with E-state index in [0.29, 0.717) is 16.3 Å². The van der Waals surface area contributed by atoms with E-state index in [1.807, 2.05) is 37.3 Å². The number of nitrogens with zero attached hydrogens (tertiary/aromatic N) is 2. The smallest absolute Gasteiger partial charge is 0.271 e. The van der Waals surface area contributed by atoms with Crippen LogP contribution in [0.15, 0.2) is 60.7 Å². The second kappa shape index (κ2) is 8.51. The van der Waals surface area contributed by atoms with E-state index >= 15 is 0 Å². The molecule has 1 aromatic heterocycles. The number of aromatic nitrogens is 2. The third kappa shape index (κ3) is 4.54. The van der Waals surface area contributed by atoms with Crippen molar-refractivity contribution < 1.29 is 9.59 Å². The fourth-order valence-electron chi connectivity index (χ4n) is 2.60. The van der Waals surface area contributed by atoms with Crippen molar-refractivity contribution in [2.75, 3.05) is 13.1 Å². The lowest BCUT2D eigenvalue weighted by atomic mass is 10.2. The first-order chi connectivity index (χ1) is 13.1. The molecule has 0 aliphatic rings. The van der Waals surface area contributed by atoms with Crippen LogP contribution in [0.2, 0.25) is 5.02 Å².